The first-order chi connectivity index (χ1) is 14.9. The second kappa shape index (κ2) is 8.80. The zero-order valence-electron chi connectivity index (χ0n) is 17.9. The highest BCUT2D eigenvalue weighted by atomic mass is 35.5. The maximum Gasteiger partial charge on any atom is 0.163 e. The van der Waals surface area contributed by atoms with Gasteiger partial charge in [0.15, 0.2) is 5.78 Å². The molecule has 1 aromatic heterocycles. The lowest BCUT2D eigenvalue weighted by atomic mass is 9.99. The zero-order valence-corrected chi connectivity index (χ0v) is 18.6. The summed E-state index contributed by atoms with van der Waals surface area (Å²) >= 11 is 6.07. The van der Waals surface area contributed by atoms with Crippen LogP contribution >= 0.6 is 11.6 Å². The molecule has 0 saturated heterocycles. The van der Waals surface area contributed by atoms with Gasteiger partial charge in [0.05, 0.1) is 5.69 Å². The van der Waals surface area contributed by atoms with Gasteiger partial charge in [-0.25, -0.2) is 9.37 Å². The van der Waals surface area contributed by atoms with Crippen LogP contribution in [-0.4, -0.2) is 23.4 Å². The van der Waals surface area contributed by atoms with Gasteiger partial charge in [0.2, 0.25) is 0 Å². The molecular weight excluding hydrogens is 411 g/mol. The minimum absolute atomic E-state index is 0.0453. The summed E-state index contributed by atoms with van der Waals surface area (Å²) in [7, 11) is 1.98. The van der Waals surface area contributed by atoms with Crippen LogP contribution in [-0.2, 0) is 6.42 Å². The molecule has 1 heterocycles. The summed E-state index contributed by atoms with van der Waals surface area (Å²) in [5.41, 5.74) is 3.95. The van der Waals surface area contributed by atoms with Gasteiger partial charge in [-0.3, -0.25) is 4.79 Å². The number of aryl methyl sites for hydroxylation is 1. The van der Waals surface area contributed by atoms with Crippen molar-refractivity contribution >= 4 is 23.1 Å². The maximum atomic E-state index is 14.9. The van der Waals surface area contributed by atoms with Crippen LogP contribution in [0, 0.1) is 5.82 Å². The number of pyridine rings is 1. The quantitative estimate of drug-likeness (QED) is 0.289. The van der Waals surface area contributed by atoms with Gasteiger partial charge >= 0.3 is 0 Å². The topological polar surface area (TPSA) is 33.2 Å². The van der Waals surface area contributed by atoms with E-state index in [1.807, 2.05) is 43.4 Å². The molecule has 0 N–H and O–H groups in total. The first-order valence-corrected chi connectivity index (χ1v) is 11.1. The van der Waals surface area contributed by atoms with Gasteiger partial charge in [-0.15, -0.1) is 0 Å². The van der Waals surface area contributed by atoms with Gasteiger partial charge in [-0.2, -0.15) is 0 Å². The predicted molar refractivity (Wildman–Crippen MR) is 124 cm³/mol. The SMILES string of the molecule is CCC1(N(C)c2ccc(-c3ccc(C(=O)CCc4cccnc4Cl)cc3)cc2F)CC1. The van der Waals surface area contributed by atoms with Crippen molar-refractivity contribution in [3.8, 4) is 11.1 Å². The molecule has 1 saturated carbocycles. The summed E-state index contributed by atoms with van der Waals surface area (Å²) < 4.78 is 14.9. The summed E-state index contributed by atoms with van der Waals surface area (Å²) in [6.07, 6.45) is 5.79. The highest BCUT2D eigenvalue weighted by Crippen LogP contribution is 2.46. The van der Waals surface area contributed by atoms with Gasteiger partial charge in [0.25, 0.3) is 0 Å². The van der Waals surface area contributed by atoms with Crippen molar-refractivity contribution in [3.63, 3.8) is 0 Å². The third-order valence-corrected chi connectivity index (χ3v) is 6.84. The van der Waals surface area contributed by atoms with Crippen LogP contribution in [0.2, 0.25) is 5.15 Å². The average molecular weight is 437 g/mol. The molecule has 0 amide bonds. The van der Waals surface area contributed by atoms with Crippen LogP contribution in [0.4, 0.5) is 10.1 Å². The predicted octanol–water partition coefficient (Wildman–Crippen LogP) is 6.74. The number of benzene rings is 2. The van der Waals surface area contributed by atoms with Crippen LogP contribution in [0.3, 0.4) is 0 Å². The minimum Gasteiger partial charge on any atom is -0.367 e. The molecule has 4 rings (SSSR count). The molecule has 0 bridgehead atoms. The van der Waals surface area contributed by atoms with E-state index in [0.717, 1.165) is 36.0 Å². The third-order valence-electron chi connectivity index (χ3n) is 6.50. The number of halogens is 2. The number of Topliss-reactive ketones (excluding diaryl/α,β-unsaturated/α-hetero) is 1. The number of nitrogens with zero attached hydrogens (tertiary/aromatic N) is 2. The molecule has 0 unspecified atom stereocenters. The van der Waals surface area contributed by atoms with Crippen molar-refractivity contribution in [2.75, 3.05) is 11.9 Å². The molecule has 0 atom stereocenters. The van der Waals surface area contributed by atoms with Crippen LogP contribution in [0.1, 0.15) is 48.5 Å². The van der Waals surface area contributed by atoms with Gasteiger partial charge in [-0.1, -0.05) is 54.9 Å². The number of anilines is 1. The Morgan fingerprint density at radius 3 is 2.45 bits per heavy atom. The molecule has 0 spiro atoms. The molecule has 1 aliphatic carbocycles. The van der Waals surface area contributed by atoms with Crippen LogP contribution in [0.25, 0.3) is 11.1 Å². The number of rotatable bonds is 8. The fourth-order valence-corrected chi connectivity index (χ4v) is 4.35. The monoisotopic (exact) mass is 436 g/mol. The first kappa shape index (κ1) is 21.5. The fraction of sp³-hybridized carbons (Fsp3) is 0.308. The zero-order chi connectivity index (χ0) is 22.0. The van der Waals surface area contributed by atoms with Crippen molar-refractivity contribution in [2.24, 2.45) is 0 Å². The Labute approximate surface area is 187 Å². The molecule has 1 fully saturated rings. The van der Waals surface area contributed by atoms with E-state index in [1.165, 1.54) is 0 Å². The van der Waals surface area contributed by atoms with Crippen molar-refractivity contribution < 1.29 is 9.18 Å². The molecule has 3 aromatic rings. The standard InChI is InChI=1S/C26H26ClFN2O/c1-3-26(14-15-26)30(2)23-12-10-21(17-22(23)28)18-6-8-19(9-7-18)24(31)13-11-20-5-4-16-29-25(20)27/h4-10,12,16-17H,3,11,13-15H2,1-2H3. The van der Waals surface area contributed by atoms with Gasteiger partial charge < -0.3 is 4.90 Å². The van der Waals surface area contributed by atoms with E-state index in [1.54, 1.807) is 24.4 Å². The summed E-state index contributed by atoms with van der Waals surface area (Å²) in [4.78, 5) is 18.7. The third kappa shape index (κ3) is 4.49. The summed E-state index contributed by atoms with van der Waals surface area (Å²) in [5.74, 6) is -0.169. The second-order valence-electron chi connectivity index (χ2n) is 8.26. The average Bonchev–Trinajstić information content (AvgIpc) is 3.59. The highest BCUT2D eigenvalue weighted by molar-refractivity contribution is 6.30. The Kier molecular flexibility index (Phi) is 6.10. The van der Waals surface area contributed by atoms with E-state index >= 15 is 0 Å². The fourth-order valence-electron chi connectivity index (χ4n) is 4.13. The van der Waals surface area contributed by atoms with Crippen molar-refractivity contribution in [2.45, 2.75) is 44.6 Å². The Balaban J connectivity index is 1.45. The highest BCUT2D eigenvalue weighted by Gasteiger charge is 2.45. The lowest BCUT2D eigenvalue weighted by Gasteiger charge is -2.29. The number of hydrogen-bond acceptors (Lipinski definition) is 3. The molecule has 0 aliphatic heterocycles. The number of aromatic nitrogens is 1. The number of carbonyl (C=O) groups is 1. The molecular formula is C26H26ClFN2O. The summed E-state index contributed by atoms with van der Waals surface area (Å²) in [6.45, 7) is 2.16. The van der Waals surface area contributed by atoms with Crippen LogP contribution in [0.15, 0.2) is 60.8 Å². The van der Waals surface area contributed by atoms with Gasteiger partial charge in [0, 0.05) is 30.8 Å². The van der Waals surface area contributed by atoms with Crippen molar-refractivity contribution in [1.82, 2.24) is 4.98 Å². The lowest BCUT2D eigenvalue weighted by molar-refractivity contribution is 0.0983. The Hall–Kier alpha value is -2.72. The minimum atomic E-state index is -0.215. The summed E-state index contributed by atoms with van der Waals surface area (Å²) in [6, 6.07) is 16.4. The number of carbonyl (C=O) groups excluding carboxylic acids is 1. The van der Waals surface area contributed by atoms with Gasteiger partial charge in [-0.05, 0) is 60.6 Å². The van der Waals surface area contributed by atoms with Gasteiger partial charge in [0.1, 0.15) is 11.0 Å². The molecule has 5 heteroatoms. The Bertz CT molecular complexity index is 1090. The van der Waals surface area contributed by atoms with Crippen molar-refractivity contribution in [3.05, 3.63) is 82.9 Å². The van der Waals surface area contributed by atoms with E-state index in [-0.39, 0.29) is 17.1 Å². The molecule has 1 aliphatic rings. The van der Waals surface area contributed by atoms with Crippen molar-refractivity contribution in [1.29, 1.82) is 0 Å². The van der Waals surface area contributed by atoms with E-state index in [0.29, 0.717) is 29.2 Å². The molecule has 31 heavy (non-hydrogen) atoms. The van der Waals surface area contributed by atoms with E-state index < -0.39 is 0 Å². The normalized spacial score (nSPS) is 14.3. The Morgan fingerprint density at radius 2 is 1.84 bits per heavy atom. The smallest absolute Gasteiger partial charge is 0.163 e. The number of ketones is 1. The lowest BCUT2D eigenvalue weighted by Crippen LogP contribution is -2.33. The number of hydrogen-bond donors (Lipinski definition) is 0. The second-order valence-corrected chi connectivity index (χ2v) is 8.61. The Morgan fingerprint density at radius 1 is 1.13 bits per heavy atom. The molecule has 2 aromatic carbocycles. The van der Waals surface area contributed by atoms with E-state index in [2.05, 4.69) is 16.8 Å². The summed E-state index contributed by atoms with van der Waals surface area (Å²) in [5, 5.41) is 0.438. The first-order valence-electron chi connectivity index (χ1n) is 10.7. The maximum absolute atomic E-state index is 14.9. The van der Waals surface area contributed by atoms with Crippen LogP contribution < -0.4 is 4.90 Å². The molecule has 0 radical (unpaired) electrons. The van der Waals surface area contributed by atoms with E-state index in [9.17, 15) is 9.18 Å². The van der Waals surface area contributed by atoms with E-state index in [4.69, 9.17) is 11.6 Å². The largest absolute Gasteiger partial charge is 0.367 e. The molecule has 3 nitrogen and oxygen atoms in total. The van der Waals surface area contributed by atoms with Crippen LogP contribution in [0.5, 0.6) is 0 Å². The molecule has 160 valence electrons.